The quantitative estimate of drug-likeness (QED) is 0.881. The van der Waals surface area contributed by atoms with Gasteiger partial charge in [-0.2, -0.15) is 0 Å². The monoisotopic (exact) mass is 321 g/mol. The number of nitrogens with zero attached hydrogens (tertiary/aromatic N) is 2. The Balaban J connectivity index is 2.26. The van der Waals surface area contributed by atoms with Gasteiger partial charge in [-0.05, 0) is 31.5 Å². The number of amides is 1. The molecule has 2 rings (SSSR count). The van der Waals surface area contributed by atoms with E-state index in [4.69, 9.17) is 0 Å². The molecule has 0 bridgehead atoms. The van der Waals surface area contributed by atoms with Crippen LogP contribution in [0.15, 0.2) is 30.6 Å². The third-order valence-corrected chi connectivity index (χ3v) is 4.46. The van der Waals surface area contributed by atoms with Crippen molar-refractivity contribution in [1.82, 2.24) is 15.3 Å². The maximum absolute atomic E-state index is 12.2. The molecule has 0 saturated heterocycles. The molecule has 0 spiro atoms. The molecular formula is C14H16BrN3O. The summed E-state index contributed by atoms with van der Waals surface area (Å²) in [4.78, 5) is 20.6. The lowest BCUT2D eigenvalue weighted by Crippen LogP contribution is -2.46. The van der Waals surface area contributed by atoms with Crippen molar-refractivity contribution in [3.63, 3.8) is 0 Å². The maximum atomic E-state index is 12.2. The molecule has 5 heteroatoms. The van der Waals surface area contributed by atoms with E-state index in [9.17, 15) is 4.79 Å². The molecule has 1 aromatic carbocycles. The van der Waals surface area contributed by atoms with Crippen LogP contribution < -0.4 is 5.32 Å². The molecular weight excluding hydrogens is 306 g/mol. The van der Waals surface area contributed by atoms with Gasteiger partial charge in [0, 0.05) is 28.8 Å². The van der Waals surface area contributed by atoms with Crippen LogP contribution in [-0.4, -0.2) is 26.7 Å². The summed E-state index contributed by atoms with van der Waals surface area (Å²) >= 11 is 3.44. The van der Waals surface area contributed by atoms with Crippen LogP contribution in [0.3, 0.4) is 0 Å². The lowest BCUT2D eigenvalue weighted by atomic mass is 10.0. The molecule has 19 heavy (non-hydrogen) atoms. The van der Waals surface area contributed by atoms with Crippen molar-refractivity contribution in [2.75, 3.05) is 5.33 Å². The molecule has 1 N–H and O–H groups in total. The van der Waals surface area contributed by atoms with Crippen LogP contribution in [0, 0.1) is 0 Å². The summed E-state index contributed by atoms with van der Waals surface area (Å²) < 4.78 is 0. The van der Waals surface area contributed by atoms with Crippen LogP contribution in [0.5, 0.6) is 0 Å². The number of carbonyl (C=O) groups excluding carboxylic acids is 1. The molecule has 0 fully saturated rings. The van der Waals surface area contributed by atoms with Crippen LogP contribution in [0.2, 0.25) is 0 Å². The molecule has 0 aliphatic carbocycles. The van der Waals surface area contributed by atoms with E-state index in [0.29, 0.717) is 5.56 Å². The molecule has 2 aromatic rings. The predicted octanol–water partition coefficient (Wildman–Crippen LogP) is 2.92. The number of benzene rings is 1. The van der Waals surface area contributed by atoms with E-state index in [1.165, 1.54) is 0 Å². The lowest BCUT2D eigenvalue weighted by molar-refractivity contribution is 0.0913. The molecule has 1 aromatic heterocycles. The number of aromatic nitrogens is 2. The number of carbonyl (C=O) groups is 1. The fraction of sp³-hybridized carbons (Fsp3) is 0.357. The summed E-state index contributed by atoms with van der Waals surface area (Å²) in [6.07, 6.45) is 4.12. The predicted molar refractivity (Wildman–Crippen MR) is 79.5 cm³/mol. The summed E-state index contributed by atoms with van der Waals surface area (Å²) in [7, 11) is 0. The number of hydrogen-bond donors (Lipinski definition) is 1. The van der Waals surface area contributed by atoms with E-state index < -0.39 is 0 Å². The topological polar surface area (TPSA) is 54.9 Å². The number of fused-ring (bicyclic) bond motifs is 1. The van der Waals surface area contributed by atoms with Gasteiger partial charge >= 0.3 is 0 Å². The zero-order valence-electron chi connectivity index (χ0n) is 11.0. The van der Waals surface area contributed by atoms with Crippen molar-refractivity contribution in [3.05, 3.63) is 36.2 Å². The van der Waals surface area contributed by atoms with Crippen LogP contribution in [0.1, 0.15) is 30.6 Å². The fourth-order valence-electron chi connectivity index (χ4n) is 1.67. The maximum Gasteiger partial charge on any atom is 0.251 e. The Labute approximate surface area is 120 Å². The van der Waals surface area contributed by atoms with Crippen molar-refractivity contribution in [3.8, 4) is 0 Å². The van der Waals surface area contributed by atoms with Crippen LogP contribution in [0.4, 0.5) is 0 Å². The summed E-state index contributed by atoms with van der Waals surface area (Å²) in [6, 6.07) is 5.35. The normalized spacial score (nSPS) is 14.1. The highest BCUT2D eigenvalue weighted by atomic mass is 79.9. The van der Waals surface area contributed by atoms with Gasteiger partial charge in [-0.1, -0.05) is 22.9 Å². The van der Waals surface area contributed by atoms with Gasteiger partial charge in [0.25, 0.3) is 5.91 Å². The molecule has 1 amide bonds. The van der Waals surface area contributed by atoms with Crippen molar-refractivity contribution in [2.24, 2.45) is 0 Å². The van der Waals surface area contributed by atoms with Crippen molar-refractivity contribution >= 4 is 32.9 Å². The Morgan fingerprint density at radius 3 is 2.63 bits per heavy atom. The number of halogens is 1. The number of nitrogens with one attached hydrogen (secondary N) is 1. The first-order valence-corrected chi connectivity index (χ1v) is 7.29. The third kappa shape index (κ3) is 3.10. The van der Waals surface area contributed by atoms with Gasteiger partial charge in [0.1, 0.15) is 0 Å². The molecule has 100 valence electrons. The minimum absolute atomic E-state index is 0.0867. The van der Waals surface area contributed by atoms with E-state index >= 15 is 0 Å². The molecule has 0 radical (unpaired) electrons. The van der Waals surface area contributed by atoms with Crippen molar-refractivity contribution < 1.29 is 4.79 Å². The summed E-state index contributed by atoms with van der Waals surface area (Å²) in [6.45, 7) is 4.06. The highest BCUT2D eigenvalue weighted by Crippen LogP contribution is 2.15. The Bertz CT molecular complexity index is 596. The van der Waals surface area contributed by atoms with Gasteiger partial charge in [0.15, 0.2) is 0 Å². The Hall–Kier alpha value is -1.49. The van der Waals surface area contributed by atoms with E-state index in [-0.39, 0.29) is 11.4 Å². The second-order valence-electron chi connectivity index (χ2n) is 4.76. The molecule has 0 aliphatic rings. The molecule has 4 nitrogen and oxygen atoms in total. The van der Waals surface area contributed by atoms with Gasteiger partial charge in [-0.25, -0.2) is 0 Å². The average molecular weight is 322 g/mol. The first-order chi connectivity index (χ1) is 9.08. The molecule has 0 saturated carbocycles. The standard InChI is InChI=1S/C14H16BrN3O/c1-3-14(2,9-15)18-13(19)10-4-5-11-12(8-10)17-7-6-16-11/h4-8H,3,9H2,1-2H3,(H,18,19). The second kappa shape index (κ2) is 5.65. The molecule has 0 aliphatic heterocycles. The van der Waals surface area contributed by atoms with Gasteiger partial charge in [-0.3, -0.25) is 14.8 Å². The first kappa shape index (κ1) is 13.9. The largest absolute Gasteiger partial charge is 0.346 e. The van der Waals surface area contributed by atoms with Gasteiger partial charge in [0.05, 0.1) is 11.0 Å². The zero-order chi connectivity index (χ0) is 13.9. The average Bonchev–Trinajstić information content (AvgIpc) is 2.46. The number of rotatable bonds is 4. The Morgan fingerprint density at radius 2 is 2.00 bits per heavy atom. The highest BCUT2D eigenvalue weighted by molar-refractivity contribution is 9.09. The molecule has 1 heterocycles. The first-order valence-electron chi connectivity index (χ1n) is 6.17. The minimum Gasteiger partial charge on any atom is -0.346 e. The fourth-order valence-corrected chi connectivity index (χ4v) is 2.20. The van der Waals surface area contributed by atoms with Crippen molar-refractivity contribution in [1.29, 1.82) is 0 Å². The Morgan fingerprint density at radius 1 is 1.32 bits per heavy atom. The third-order valence-electron chi connectivity index (χ3n) is 3.22. The number of alkyl halides is 1. The lowest BCUT2D eigenvalue weighted by Gasteiger charge is -2.27. The van der Waals surface area contributed by atoms with E-state index in [1.54, 1.807) is 24.5 Å². The summed E-state index contributed by atoms with van der Waals surface area (Å²) in [5, 5.41) is 3.76. The molecule has 1 atom stereocenters. The van der Waals surface area contributed by atoms with Crippen LogP contribution in [-0.2, 0) is 0 Å². The zero-order valence-corrected chi connectivity index (χ0v) is 12.6. The number of hydrogen-bond acceptors (Lipinski definition) is 3. The minimum atomic E-state index is -0.242. The SMILES string of the molecule is CCC(C)(CBr)NC(=O)c1ccc2nccnc2c1. The van der Waals surface area contributed by atoms with Crippen LogP contribution >= 0.6 is 15.9 Å². The summed E-state index contributed by atoms with van der Waals surface area (Å²) in [5.41, 5.74) is 1.88. The van der Waals surface area contributed by atoms with Gasteiger partial charge in [-0.15, -0.1) is 0 Å². The second-order valence-corrected chi connectivity index (χ2v) is 5.32. The van der Waals surface area contributed by atoms with E-state index in [0.717, 1.165) is 22.8 Å². The van der Waals surface area contributed by atoms with Gasteiger partial charge in [0.2, 0.25) is 0 Å². The Kier molecular flexibility index (Phi) is 4.14. The smallest absolute Gasteiger partial charge is 0.251 e. The van der Waals surface area contributed by atoms with Crippen molar-refractivity contribution in [2.45, 2.75) is 25.8 Å². The van der Waals surface area contributed by atoms with E-state index in [2.05, 4.69) is 31.2 Å². The highest BCUT2D eigenvalue weighted by Gasteiger charge is 2.23. The van der Waals surface area contributed by atoms with E-state index in [1.807, 2.05) is 19.9 Å². The van der Waals surface area contributed by atoms with Crippen LogP contribution in [0.25, 0.3) is 11.0 Å². The molecule has 1 unspecified atom stereocenters. The summed E-state index contributed by atoms with van der Waals surface area (Å²) in [5.74, 6) is -0.0867. The van der Waals surface area contributed by atoms with Gasteiger partial charge < -0.3 is 5.32 Å².